The van der Waals surface area contributed by atoms with Crippen LogP contribution in [-0.4, -0.2) is 41.9 Å². The van der Waals surface area contributed by atoms with Gasteiger partial charge in [0.05, 0.1) is 18.1 Å². The van der Waals surface area contributed by atoms with Crippen molar-refractivity contribution in [2.45, 2.75) is 143 Å². The largest absolute Gasteiger partial charge is 0.469 e. The zero-order valence-electron chi connectivity index (χ0n) is 25.0. The highest BCUT2D eigenvalue weighted by Crippen LogP contribution is 2.41. The summed E-state index contributed by atoms with van der Waals surface area (Å²) in [5.74, 6) is 0.320. The summed E-state index contributed by atoms with van der Waals surface area (Å²) in [6.45, 7) is 32.2. The monoisotopic (exact) mass is 502 g/mol. The Bertz CT molecular complexity index is 615. The molecule has 0 rings (SSSR count). The summed E-state index contributed by atoms with van der Waals surface area (Å²) in [6.07, 6.45) is 4.74. The van der Waals surface area contributed by atoms with Gasteiger partial charge >= 0.3 is 5.97 Å². The van der Waals surface area contributed by atoms with E-state index in [4.69, 9.17) is 13.6 Å². The molecular weight excluding hydrogens is 444 g/mol. The number of carbonyl (C=O) groups excluding carboxylic acids is 1. The third-order valence-electron chi connectivity index (χ3n) is 8.21. The summed E-state index contributed by atoms with van der Waals surface area (Å²) in [5, 5.41) is 0.383. The maximum atomic E-state index is 12.7. The van der Waals surface area contributed by atoms with E-state index in [2.05, 4.69) is 95.4 Å². The van der Waals surface area contributed by atoms with E-state index in [9.17, 15) is 4.79 Å². The Balaban J connectivity index is 4.94. The molecule has 2 atom stereocenters. The Morgan fingerprint density at radius 2 is 1.30 bits per heavy atom. The quantitative estimate of drug-likeness (QED) is 0.187. The topological polar surface area (TPSA) is 44.8 Å². The molecule has 0 fully saturated rings. The lowest BCUT2D eigenvalue weighted by atomic mass is 9.77. The first-order valence-electron chi connectivity index (χ1n) is 12.9. The Labute approximate surface area is 209 Å². The van der Waals surface area contributed by atoms with Crippen LogP contribution in [-0.2, 0) is 18.4 Å². The molecule has 0 amide bonds. The molecule has 0 N–H and O–H groups in total. The highest BCUT2D eigenvalue weighted by molar-refractivity contribution is 6.74. The molecule has 0 saturated heterocycles. The van der Waals surface area contributed by atoms with Crippen LogP contribution in [0.25, 0.3) is 0 Å². The first-order valence-corrected chi connectivity index (χ1v) is 18.7. The van der Waals surface area contributed by atoms with Gasteiger partial charge in [-0.3, -0.25) is 4.79 Å². The number of rotatable bonds is 13. The molecule has 6 heteroatoms. The third kappa shape index (κ3) is 10.5. The molecule has 33 heavy (non-hydrogen) atoms. The lowest BCUT2D eigenvalue weighted by molar-refractivity contribution is -0.153. The van der Waals surface area contributed by atoms with Crippen molar-refractivity contribution in [2.24, 2.45) is 11.3 Å². The van der Waals surface area contributed by atoms with Crippen LogP contribution in [0.4, 0.5) is 0 Å². The Kier molecular flexibility index (Phi) is 11.6. The molecule has 0 aromatic carbocycles. The van der Waals surface area contributed by atoms with Crippen LogP contribution >= 0.6 is 0 Å². The van der Waals surface area contributed by atoms with Crippen molar-refractivity contribution < 1.29 is 18.4 Å². The molecular formula is C27H58O4Si2. The summed E-state index contributed by atoms with van der Waals surface area (Å²) in [7, 11) is -2.12. The van der Waals surface area contributed by atoms with E-state index < -0.39 is 22.0 Å². The highest BCUT2D eigenvalue weighted by Gasteiger charge is 2.42. The lowest BCUT2D eigenvalue weighted by Gasteiger charge is -2.43. The second-order valence-electron chi connectivity index (χ2n) is 14.2. The average Bonchev–Trinajstić information content (AvgIpc) is 2.57. The number of hydrogen-bond acceptors (Lipinski definition) is 4. The molecule has 0 aliphatic heterocycles. The fourth-order valence-corrected chi connectivity index (χ4v) is 6.76. The molecule has 0 radical (unpaired) electrons. The van der Waals surface area contributed by atoms with Gasteiger partial charge in [0.15, 0.2) is 16.6 Å². The molecule has 0 aliphatic rings. The van der Waals surface area contributed by atoms with Crippen molar-refractivity contribution in [2.75, 3.05) is 13.7 Å². The highest BCUT2D eigenvalue weighted by atomic mass is 28.4. The van der Waals surface area contributed by atoms with E-state index in [0.717, 1.165) is 25.7 Å². The summed E-state index contributed by atoms with van der Waals surface area (Å²) in [4.78, 5) is 12.7. The van der Waals surface area contributed by atoms with E-state index in [1.54, 1.807) is 0 Å². The fraction of sp³-hybridized carbons (Fsp3) is 0.963. The van der Waals surface area contributed by atoms with Gasteiger partial charge in [0.25, 0.3) is 0 Å². The molecule has 4 nitrogen and oxygen atoms in total. The van der Waals surface area contributed by atoms with Gasteiger partial charge in [-0.15, -0.1) is 0 Å². The number of hydrogen-bond donors (Lipinski definition) is 0. The molecule has 0 bridgehead atoms. The second-order valence-corrected chi connectivity index (χ2v) is 23.8. The molecule has 0 aromatic heterocycles. The van der Waals surface area contributed by atoms with E-state index in [1.165, 1.54) is 7.11 Å². The minimum absolute atomic E-state index is 0.116. The van der Waals surface area contributed by atoms with Crippen molar-refractivity contribution in [3.05, 3.63) is 0 Å². The van der Waals surface area contributed by atoms with Crippen LogP contribution in [0.2, 0.25) is 36.3 Å². The second kappa shape index (κ2) is 11.7. The molecule has 2 unspecified atom stereocenters. The molecule has 0 saturated carbocycles. The average molecular weight is 503 g/mol. The van der Waals surface area contributed by atoms with Gasteiger partial charge < -0.3 is 13.6 Å². The van der Waals surface area contributed by atoms with E-state index in [1.807, 2.05) is 0 Å². The van der Waals surface area contributed by atoms with Gasteiger partial charge in [-0.2, -0.15) is 0 Å². The van der Waals surface area contributed by atoms with Gasteiger partial charge in [-0.25, -0.2) is 0 Å². The zero-order valence-corrected chi connectivity index (χ0v) is 27.0. The standard InChI is InChI=1S/C27H58O4Si2/c1-22(17-16-18-26(8,9)31-33(14,15)25(5,6)7)21-27(10,23(28)29-11)19-20-30-32(12,13)24(2,3)4/h22H,16-21H2,1-15H3. The van der Waals surface area contributed by atoms with Gasteiger partial charge in [0.2, 0.25) is 0 Å². The van der Waals surface area contributed by atoms with Crippen molar-refractivity contribution >= 4 is 22.6 Å². The van der Waals surface area contributed by atoms with Gasteiger partial charge in [0, 0.05) is 6.61 Å². The third-order valence-corrected chi connectivity index (χ3v) is 17.4. The Hall–Kier alpha value is -0.176. The van der Waals surface area contributed by atoms with Crippen LogP contribution in [0.1, 0.15) is 101 Å². The normalized spacial score (nSPS) is 16.9. The van der Waals surface area contributed by atoms with Crippen molar-refractivity contribution in [1.82, 2.24) is 0 Å². The zero-order chi connectivity index (χ0) is 26.5. The smallest absolute Gasteiger partial charge is 0.311 e. The SMILES string of the molecule is COC(=O)C(C)(CCO[Si](C)(C)C(C)(C)C)CC(C)CCCC(C)(C)O[Si](C)(C)C(C)(C)C. The van der Waals surface area contributed by atoms with Crippen LogP contribution in [0.3, 0.4) is 0 Å². The minimum atomic E-state index is -1.83. The van der Waals surface area contributed by atoms with Crippen molar-refractivity contribution in [3.8, 4) is 0 Å². The fourth-order valence-electron chi connectivity index (χ4n) is 3.92. The molecule has 0 aliphatic carbocycles. The number of ether oxygens (including phenoxy) is 1. The van der Waals surface area contributed by atoms with Crippen LogP contribution in [0, 0.1) is 11.3 Å². The summed E-state index contributed by atoms with van der Waals surface area (Å²) < 4.78 is 18.3. The van der Waals surface area contributed by atoms with Crippen LogP contribution < -0.4 is 0 Å². The maximum Gasteiger partial charge on any atom is 0.311 e. The number of methoxy groups -OCH3 is 1. The molecule has 0 heterocycles. The Morgan fingerprint density at radius 3 is 1.73 bits per heavy atom. The van der Waals surface area contributed by atoms with Gasteiger partial charge in [-0.05, 0) is 82.2 Å². The summed E-state index contributed by atoms with van der Waals surface area (Å²) in [5.41, 5.74) is -0.630. The van der Waals surface area contributed by atoms with Gasteiger partial charge in [0.1, 0.15) is 0 Å². The predicted molar refractivity (Wildman–Crippen MR) is 148 cm³/mol. The molecule has 0 aromatic rings. The summed E-state index contributed by atoms with van der Waals surface area (Å²) >= 11 is 0. The predicted octanol–water partition coefficient (Wildman–Crippen LogP) is 8.57. The van der Waals surface area contributed by atoms with E-state index in [-0.39, 0.29) is 21.6 Å². The first kappa shape index (κ1) is 32.8. The van der Waals surface area contributed by atoms with E-state index >= 15 is 0 Å². The number of esters is 1. The van der Waals surface area contributed by atoms with Crippen LogP contribution in [0.5, 0.6) is 0 Å². The minimum Gasteiger partial charge on any atom is -0.469 e. The molecule has 198 valence electrons. The van der Waals surface area contributed by atoms with E-state index in [0.29, 0.717) is 18.9 Å². The van der Waals surface area contributed by atoms with Gasteiger partial charge in [-0.1, -0.05) is 61.3 Å². The maximum absolute atomic E-state index is 12.7. The lowest BCUT2D eigenvalue weighted by Crippen LogP contribution is -2.47. The van der Waals surface area contributed by atoms with Crippen molar-refractivity contribution in [3.63, 3.8) is 0 Å². The Morgan fingerprint density at radius 1 is 0.818 bits per heavy atom. The first-order chi connectivity index (χ1) is 14.5. The van der Waals surface area contributed by atoms with Crippen molar-refractivity contribution in [1.29, 1.82) is 0 Å². The van der Waals surface area contributed by atoms with Crippen LogP contribution in [0.15, 0.2) is 0 Å². The number of carbonyl (C=O) groups is 1. The summed E-state index contributed by atoms with van der Waals surface area (Å²) in [6, 6.07) is 0. The molecule has 0 spiro atoms.